The molecule has 0 bridgehead atoms. The number of rotatable bonds is 5. The van der Waals surface area contributed by atoms with Gasteiger partial charge in [-0.15, -0.1) is 0 Å². The van der Waals surface area contributed by atoms with Gasteiger partial charge < -0.3 is 15.5 Å². The molecule has 8 nitrogen and oxygen atoms in total. The van der Waals surface area contributed by atoms with Crippen LogP contribution in [0.25, 0.3) is 0 Å². The molecular formula is C20H32N4O4. The van der Waals surface area contributed by atoms with E-state index in [0.717, 1.165) is 30.6 Å². The minimum Gasteiger partial charge on any atom is -0.352 e. The molecule has 1 spiro atoms. The van der Waals surface area contributed by atoms with E-state index in [9.17, 15) is 19.2 Å². The molecule has 1 aliphatic heterocycles. The predicted molar refractivity (Wildman–Crippen MR) is 103 cm³/mol. The van der Waals surface area contributed by atoms with Crippen LogP contribution in [0, 0.1) is 11.3 Å². The summed E-state index contributed by atoms with van der Waals surface area (Å²) >= 11 is 0. The van der Waals surface area contributed by atoms with Crippen molar-refractivity contribution >= 4 is 23.8 Å². The average molecular weight is 393 g/mol. The number of carbonyl (C=O) groups excluding carboxylic acids is 4. The van der Waals surface area contributed by atoms with E-state index in [1.807, 2.05) is 0 Å². The van der Waals surface area contributed by atoms with Crippen molar-refractivity contribution in [3.05, 3.63) is 0 Å². The minimum absolute atomic E-state index is 0.0720. The molecule has 2 saturated carbocycles. The number of nitrogens with zero attached hydrogens (tertiary/aromatic N) is 2. The molecule has 3 aliphatic rings. The van der Waals surface area contributed by atoms with E-state index in [0.29, 0.717) is 18.8 Å². The van der Waals surface area contributed by atoms with E-state index < -0.39 is 17.5 Å². The number of amides is 5. The van der Waals surface area contributed by atoms with Crippen LogP contribution in [0.3, 0.4) is 0 Å². The van der Waals surface area contributed by atoms with E-state index in [1.54, 1.807) is 0 Å². The molecule has 2 aliphatic carbocycles. The fourth-order valence-corrected chi connectivity index (χ4v) is 4.20. The third-order valence-electron chi connectivity index (χ3n) is 6.35. The molecule has 1 saturated heterocycles. The van der Waals surface area contributed by atoms with Gasteiger partial charge in [-0.3, -0.25) is 19.3 Å². The molecule has 3 rings (SSSR count). The third-order valence-corrected chi connectivity index (χ3v) is 6.35. The maximum atomic E-state index is 13.0. The normalized spacial score (nSPS) is 27.7. The molecule has 0 unspecified atom stereocenters. The van der Waals surface area contributed by atoms with Crippen molar-refractivity contribution in [3.63, 3.8) is 0 Å². The van der Waals surface area contributed by atoms with Gasteiger partial charge in [-0.1, -0.05) is 20.8 Å². The molecule has 28 heavy (non-hydrogen) atoms. The standard InChI is InChI=1S/C20H32N4O4/c1-19(2,3)13-7-9-20(10-8-13)17(27)24(18(28)22-20)12-16(26)23(4)11-15(25)21-14-5-6-14/h13-14H,5-12H2,1-4H3,(H,21,25)(H,22,28). The fourth-order valence-electron chi connectivity index (χ4n) is 4.20. The summed E-state index contributed by atoms with van der Waals surface area (Å²) in [5.41, 5.74) is -0.701. The lowest BCUT2D eigenvalue weighted by molar-refractivity contribution is -0.140. The first-order chi connectivity index (χ1) is 13.0. The Balaban J connectivity index is 1.56. The van der Waals surface area contributed by atoms with Gasteiger partial charge in [0.2, 0.25) is 11.8 Å². The number of hydrogen-bond donors (Lipinski definition) is 2. The number of nitrogens with one attached hydrogen (secondary N) is 2. The highest BCUT2D eigenvalue weighted by atomic mass is 16.2. The Labute approximate surface area is 166 Å². The smallest absolute Gasteiger partial charge is 0.325 e. The van der Waals surface area contributed by atoms with Gasteiger partial charge >= 0.3 is 6.03 Å². The second-order valence-corrected chi connectivity index (χ2v) is 9.64. The van der Waals surface area contributed by atoms with Crippen LogP contribution in [0.15, 0.2) is 0 Å². The summed E-state index contributed by atoms with van der Waals surface area (Å²) in [6, 6.07) is -0.284. The van der Waals surface area contributed by atoms with Crippen molar-refractivity contribution in [1.29, 1.82) is 0 Å². The van der Waals surface area contributed by atoms with Crippen LogP contribution in [0.4, 0.5) is 4.79 Å². The monoisotopic (exact) mass is 392 g/mol. The van der Waals surface area contributed by atoms with Crippen LogP contribution >= 0.6 is 0 Å². The number of likely N-dealkylation sites (N-methyl/N-ethyl adjacent to an activating group) is 1. The number of imide groups is 1. The summed E-state index contributed by atoms with van der Waals surface area (Å²) in [6.07, 6.45) is 4.90. The zero-order chi connectivity index (χ0) is 20.7. The van der Waals surface area contributed by atoms with Gasteiger partial charge in [-0.25, -0.2) is 4.79 Å². The van der Waals surface area contributed by atoms with Crippen molar-refractivity contribution in [2.45, 2.75) is 70.9 Å². The fraction of sp³-hybridized carbons (Fsp3) is 0.800. The Bertz CT molecular complexity index is 672. The Morgan fingerprint density at radius 3 is 2.32 bits per heavy atom. The topological polar surface area (TPSA) is 98.8 Å². The number of carbonyl (C=O) groups is 4. The van der Waals surface area contributed by atoms with Gasteiger partial charge in [0.1, 0.15) is 12.1 Å². The van der Waals surface area contributed by atoms with Gasteiger partial charge in [0.15, 0.2) is 0 Å². The molecule has 0 aromatic heterocycles. The van der Waals surface area contributed by atoms with Gasteiger partial charge in [-0.05, 0) is 49.9 Å². The quantitative estimate of drug-likeness (QED) is 0.688. The molecule has 0 aromatic carbocycles. The maximum absolute atomic E-state index is 13.0. The molecule has 0 radical (unpaired) electrons. The average Bonchev–Trinajstić information content (AvgIpc) is 3.38. The second-order valence-electron chi connectivity index (χ2n) is 9.64. The summed E-state index contributed by atoms with van der Waals surface area (Å²) in [7, 11) is 1.51. The molecule has 156 valence electrons. The largest absolute Gasteiger partial charge is 0.352 e. The molecule has 2 N–H and O–H groups in total. The van der Waals surface area contributed by atoms with E-state index >= 15 is 0 Å². The van der Waals surface area contributed by atoms with Crippen LogP contribution in [0.1, 0.15) is 59.3 Å². The van der Waals surface area contributed by atoms with Crippen LogP contribution in [0.5, 0.6) is 0 Å². The Hall–Kier alpha value is -2.12. The van der Waals surface area contributed by atoms with Crippen molar-refractivity contribution in [3.8, 4) is 0 Å². The van der Waals surface area contributed by atoms with Crippen LogP contribution in [-0.2, 0) is 14.4 Å². The maximum Gasteiger partial charge on any atom is 0.325 e. The van der Waals surface area contributed by atoms with Crippen LogP contribution in [-0.4, -0.2) is 65.3 Å². The predicted octanol–water partition coefficient (Wildman–Crippen LogP) is 1.25. The first kappa shape index (κ1) is 20.6. The first-order valence-electron chi connectivity index (χ1n) is 10.2. The summed E-state index contributed by atoms with van der Waals surface area (Å²) in [6.45, 7) is 6.19. The molecule has 0 atom stereocenters. The molecular weight excluding hydrogens is 360 g/mol. The highest BCUT2D eigenvalue weighted by Gasteiger charge is 2.53. The lowest BCUT2D eigenvalue weighted by Gasteiger charge is -2.40. The molecule has 3 fully saturated rings. The van der Waals surface area contributed by atoms with E-state index in [1.165, 1.54) is 11.9 Å². The number of urea groups is 1. The molecule has 5 amide bonds. The van der Waals surface area contributed by atoms with E-state index in [-0.39, 0.29) is 36.4 Å². The third kappa shape index (κ3) is 4.31. The van der Waals surface area contributed by atoms with Crippen molar-refractivity contribution in [1.82, 2.24) is 20.4 Å². The molecule has 0 aromatic rings. The van der Waals surface area contributed by atoms with Crippen molar-refractivity contribution < 1.29 is 19.2 Å². The highest BCUT2D eigenvalue weighted by Crippen LogP contribution is 2.43. The SMILES string of the molecule is CN(CC(=O)NC1CC1)C(=O)CN1C(=O)NC2(CCC(C(C)(C)C)CC2)C1=O. The van der Waals surface area contributed by atoms with Crippen molar-refractivity contribution in [2.24, 2.45) is 11.3 Å². The Morgan fingerprint density at radius 1 is 1.18 bits per heavy atom. The number of hydrogen-bond acceptors (Lipinski definition) is 4. The van der Waals surface area contributed by atoms with Gasteiger partial charge in [-0.2, -0.15) is 0 Å². The van der Waals surface area contributed by atoms with Crippen LogP contribution in [0.2, 0.25) is 0 Å². The van der Waals surface area contributed by atoms with Gasteiger partial charge in [0.05, 0.1) is 6.54 Å². The lowest BCUT2D eigenvalue weighted by Crippen LogP contribution is -2.51. The van der Waals surface area contributed by atoms with E-state index in [2.05, 4.69) is 31.4 Å². The molecule has 8 heteroatoms. The lowest BCUT2D eigenvalue weighted by atomic mass is 9.67. The zero-order valence-corrected chi connectivity index (χ0v) is 17.3. The zero-order valence-electron chi connectivity index (χ0n) is 17.3. The Kier molecular flexibility index (Phi) is 5.42. The summed E-state index contributed by atoms with van der Waals surface area (Å²) in [5, 5.41) is 5.67. The van der Waals surface area contributed by atoms with Gasteiger partial charge in [0, 0.05) is 13.1 Å². The molecule has 1 heterocycles. The van der Waals surface area contributed by atoms with Gasteiger partial charge in [0.25, 0.3) is 5.91 Å². The van der Waals surface area contributed by atoms with Crippen molar-refractivity contribution in [2.75, 3.05) is 20.1 Å². The highest BCUT2D eigenvalue weighted by molar-refractivity contribution is 6.09. The Morgan fingerprint density at radius 2 is 1.79 bits per heavy atom. The van der Waals surface area contributed by atoms with Crippen LogP contribution < -0.4 is 10.6 Å². The summed E-state index contributed by atoms with van der Waals surface area (Å²) < 4.78 is 0. The summed E-state index contributed by atoms with van der Waals surface area (Å²) in [4.78, 5) is 52.0. The summed E-state index contributed by atoms with van der Waals surface area (Å²) in [5.74, 6) is -0.439. The second kappa shape index (κ2) is 7.37. The van der Waals surface area contributed by atoms with E-state index in [4.69, 9.17) is 0 Å². The first-order valence-corrected chi connectivity index (χ1v) is 10.2. The minimum atomic E-state index is -0.874.